The highest BCUT2D eigenvalue weighted by Crippen LogP contribution is 2.30. The Morgan fingerprint density at radius 2 is 2.00 bits per heavy atom. The van der Waals surface area contributed by atoms with Crippen molar-refractivity contribution in [2.75, 3.05) is 5.73 Å². The second-order valence-electron chi connectivity index (χ2n) is 4.66. The normalized spacial score (nSPS) is 10.8. The van der Waals surface area contributed by atoms with Crippen molar-refractivity contribution in [3.63, 3.8) is 0 Å². The molecule has 1 aromatic heterocycles. The number of nitrogens with two attached hydrogens (primary N) is 1. The predicted octanol–water partition coefficient (Wildman–Crippen LogP) is 4.22. The fourth-order valence-electron chi connectivity index (χ4n) is 2.13. The number of aromatic nitrogens is 2. The molecule has 0 radical (unpaired) electrons. The number of nitrogen functional groups attached to an aromatic ring is 1. The molecule has 4 nitrogen and oxygen atoms in total. The summed E-state index contributed by atoms with van der Waals surface area (Å²) in [5, 5.41) is 1.56. The molecule has 0 fully saturated rings. The first-order valence-electron chi connectivity index (χ1n) is 6.64. The lowest BCUT2D eigenvalue weighted by atomic mass is 10.1. The van der Waals surface area contributed by atoms with Crippen LogP contribution in [0.5, 0.6) is 11.6 Å². The van der Waals surface area contributed by atoms with E-state index in [0.29, 0.717) is 17.3 Å². The lowest BCUT2D eigenvalue weighted by Gasteiger charge is -2.09. The maximum Gasteiger partial charge on any atom is 0.230 e. The molecule has 0 unspecified atom stereocenters. The minimum Gasteiger partial charge on any atom is -0.438 e. The standard InChI is InChI=1S/C16H14ClN3O/c1-2-10-7-12(4-6-14(10)17)21-16-13-5-3-11(18)8-15(13)19-9-20-16/h3-9H,2,18H2,1H3. The maximum atomic E-state index is 6.12. The van der Waals surface area contributed by atoms with Gasteiger partial charge in [-0.1, -0.05) is 18.5 Å². The van der Waals surface area contributed by atoms with Crippen LogP contribution in [-0.2, 0) is 6.42 Å². The van der Waals surface area contributed by atoms with Gasteiger partial charge in [-0.15, -0.1) is 0 Å². The molecule has 0 aliphatic rings. The van der Waals surface area contributed by atoms with Crippen LogP contribution in [0.2, 0.25) is 5.02 Å². The number of ether oxygens (including phenoxy) is 1. The number of fused-ring (bicyclic) bond motifs is 1. The van der Waals surface area contributed by atoms with Gasteiger partial charge in [0.15, 0.2) is 0 Å². The van der Waals surface area contributed by atoms with Gasteiger partial charge in [-0.05, 0) is 48.4 Å². The lowest BCUT2D eigenvalue weighted by Crippen LogP contribution is -1.93. The summed E-state index contributed by atoms with van der Waals surface area (Å²) in [7, 11) is 0. The number of rotatable bonds is 3. The maximum absolute atomic E-state index is 6.12. The molecule has 0 amide bonds. The molecule has 21 heavy (non-hydrogen) atoms. The summed E-state index contributed by atoms with van der Waals surface area (Å²) in [6.45, 7) is 2.05. The molecule has 0 spiro atoms. The molecule has 5 heteroatoms. The number of anilines is 1. The third-order valence-corrected chi connectivity index (χ3v) is 3.61. The van der Waals surface area contributed by atoms with Crippen molar-refractivity contribution in [3.8, 4) is 11.6 Å². The molecule has 1 heterocycles. The Balaban J connectivity index is 2.02. The van der Waals surface area contributed by atoms with Gasteiger partial charge in [-0.2, -0.15) is 0 Å². The quantitative estimate of drug-likeness (QED) is 0.736. The molecule has 0 saturated heterocycles. The third-order valence-electron chi connectivity index (χ3n) is 3.24. The van der Waals surface area contributed by atoms with Gasteiger partial charge in [0.05, 0.1) is 10.9 Å². The topological polar surface area (TPSA) is 61.0 Å². The summed E-state index contributed by atoms with van der Waals surface area (Å²) in [6, 6.07) is 11.0. The first kappa shape index (κ1) is 13.6. The zero-order valence-corrected chi connectivity index (χ0v) is 12.3. The van der Waals surface area contributed by atoms with Crippen LogP contribution in [0.3, 0.4) is 0 Å². The van der Waals surface area contributed by atoms with Crippen LogP contribution in [0.25, 0.3) is 10.9 Å². The molecule has 0 saturated carbocycles. The average Bonchev–Trinajstić information content (AvgIpc) is 2.49. The lowest BCUT2D eigenvalue weighted by molar-refractivity contribution is 0.467. The second-order valence-corrected chi connectivity index (χ2v) is 5.07. The molecule has 0 atom stereocenters. The van der Waals surface area contributed by atoms with Gasteiger partial charge in [0, 0.05) is 10.7 Å². The minimum atomic E-state index is 0.504. The van der Waals surface area contributed by atoms with Gasteiger partial charge in [0.25, 0.3) is 0 Å². The Hall–Kier alpha value is -2.33. The summed E-state index contributed by atoms with van der Waals surface area (Å²) in [5.74, 6) is 1.21. The summed E-state index contributed by atoms with van der Waals surface area (Å²) in [4.78, 5) is 8.40. The van der Waals surface area contributed by atoms with E-state index in [1.165, 1.54) is 6.33 Å². The van der Waals surface area contributed by atoms with Gasteiger partial charge in [0.2, 0.25) is 5.88 Å². The van der Waals surface area contributed by atoms with E-state index in [2.05, 4.69) is 9.97 Å². The van der Waals surface area contributed by atoms with E-state index in [1.54, 1.807) is 12.1 Å². The van der Waals surface area contributed by atoms with Crippen molar-refractivity contribution in [3.05, 3.63) is 53.3 Å². The average molecular weight is 300 g/mol. The number of aryl methyl sites for hydroxylation is 1. The molecule has 0 aliphatic heterocycles. The Labute approximate surface area is 127 Å². The smallest absolute Gasteiger partial charge is 0.230 e. The van der Waals surface area contributed by atoms with Crippen molar-refractivity contribution in [1.82, 2.24) is 9.97 Å². The first-order chi connectivity index (χ1) is 10.2. The van der Waals surface area contributed by atoms with Crippen molar-refractivity contribution in [1.29, 1.82) is 0 Å². The Kier molecular flexibility index (Phi) is 3.62. The van der Waals surface area contributed by atoms with E-state index in [1.807, 2.05) is 31.2 Å². The van der Waals surface area contributed by atoms with E-state index >= 15 is 0 Å². The number of nitrogens with zero attached hydrogens (tertiary/aromatic N) is 2. The zero-order valence-electron chi connectivity index (χ0n) is 11.5. The van der Waals surface area contributed by atoms with E-state index in [9.17, 15) is 0 Å². The fourth-order valence-corrected chi connectivity index (χ4v) is 2.38. The van der Waals surface area contributed by atoms with Crippen LogP contribution >= 0.6 is 11.6 Å². The highest BCUT2D eigenvalue weighted by molar-refractivity contribution is 6.31. The second kappa shape index (κ2) is 5.58. The monoisotopic (exact) mass is 299 g/mol. The van der Waals surface area contributed by atoms with Crippen molar-refractivity contribution < 1.29 is 4.74 Å². The van der Waals surface area contributed by atoms with Gasteiger partial charge in [0.1, 0.15) is 12.1 Å². The van der Waals surface area contributed by atoms with Crippen LogP contribution < -0.4 is 10.5 Å². The van der Waals surface area contributed by atoms with Crippen molar-refractivity contribution >= 4 is 28.2 Å². The van der Waals surface area contributed by atoms with Crippen LogP contribution in [0, 0.1) is 0 Å². The van der Waals surface area contributed by atoms with Gasteiger partial charge in [-0.25, -0.2) is 9.97 Å². The fraction of sp³-hybridized carbons (Fsp3) is 0.125. The SMILES string of the molecule is CCc1cc(Oc2ncnc3cc(N)ccc23)ccc1Cl. The van der Waals surface area contributed by atoms with Gasteiger partial charge >= 0.3 is 0 Å². The van der Waals surface area contributed by atoms with E-state index < -0.39 is 0 Å². The van der Waals surface area contributed by atoms with Crippen molar-refractivity contribution in [2.24, 2.45) is 0 Å². The minimum absolute atomic E-state index is 0.504. The van der Waals surface area contributed by atoms with E-state index in [0.717, 1.165) is 27.9 Å². The summed E-state index contributed by atoms with van der Waals surface area (Å²) in [5.41, 5.74) is 8.22. The molecule has 0 bridgehead atoms. The third kappa shape index (κ3) is 2.76. The largest absolute Gasteiger partial charge is 0.438 e. The van der Waals surface area contributed by atoms with Crippen LogP contribution in [-0.4, -0.2) is 9.97 Å². The summed E-state index contributed by atoms with van der Waals surface area (Å²) >= 11 is 6.12. The highest BCUT2D eigenvalue weighted by atomic mass is 35.5. The summed E-state index contributed by atoms with van der Waals surface area (Å²) < 4.78 is 5.88. The molecule has 2 N–H and O–H groups in total. The zero-order chi connectivity index (χ0) is 14.8. The number of halogens is 1. The van der Waals surface area contributed by atoms with E-state index in [4.69, 9.17) is 22.1 Å². The van der Waals surface area contributed by atoms with Crippen LogP contribution in [0.1, 0.15) is 12.5 Å². The predicted molar refractivity (Wildman–Crippen MR) is 84.9 cm³/mol. The van der Waals surface area contributed by atoms with Gasteiger partial charge in [-0.3, -0.25) is 0 Å². The number of benzene rings is 2. The first-order valence-corrected chi connectivity index (χ1v) is 7.01. The molecule has 0 aliphatic carbocycles. The number of hydrogen-bond acceptors (Lipinski definition) is 4. The molecule has 3 aromatic rings. The van der Waals surface area contributed by atoms with Crippen LogP contribution in [0.15, 0.2) is 42.7 Å². The molecular weight excluding hydrogens is 286 g/mol. The van der Waals surface area contributed by atoms with Crippen LogP contribution in [0.4, 0.5) is 5.69 Å². The highest BCUT2D eigenvalue weighted by Gasteiger charge is 2.08. The Morgan fingerprint density at radius 1 is 1.14 bits per heavy atom. The van der Waals surface area contributed by atoms with Gasteiger partial charge < -0.3 is 10.5 Å². The molecule has 2 aromatic carbocycles. The number of hydrogen-bond donors (Lipinski definition) is 1. The Bertz CT molecular complexity index is 805. The van der Waals surface area contributed by atoms with Crippen molar-refractivity contribution in [2.45, 2.75) is 13.3 Å². The Morgan fingerprint density at radius 3 is 2.81 bits per heavy atom. The molecule has 106 valence electrons. The molecule has 3 rings (SSSR count). The van der Waals surface area contributed by atoms with E-state index in [-0.39, 0.29) is 0 Å². The summed E-state index contributed by atoms with van der Waals surface area (Å²) in [6.07, 6.45) is 2.31. The molecular formula is C16H14ClN3O.